The van der Waals surface area contributed by atoms with E-state index >= 15 is 0 Å². The van der Waals surface area contributed by atoms with Gasteiger partial charge in [0.05, 0.1) is 11.6 Å². The Kier molecular flexibility index (Phi) is 2.63. The van der Waals surface area contributed by atoms with E-state index in [4.69, 9.17) is 0 Å². The zero-order chi connectivity index (χ0) is 12.8. The van der Waals surface area contributed by atoms with Gasteiger partial charge in [-0.1, -0.05) is 13.8 Å². The second-order valence-corrected chi connectivity index (χ2v) is 5.93. The summed E-state index contributed by atoms with van der Waals surface area (Å²) in [6, 6.07) is 4.37. The van der Waals surface area contributed by atoms with E-state index in [2.05, 4.69) is 40.2 Å². The Balaban J connectivity index is 2.03. The van der Waals surface area contributed by atoms with Gasteiger partial charge in [0, 0.05) is 5.69 Å². The van der Waals surface area contributed by atoms with Crippen molar-refractivity contribution < 1.29 is 0 Å². The molecular weight excluding hydrogens is 224 g/mol. The fourth-order valence-corrected chi connectivity index (χ4v) is 2.82. The van der Waals surface area contributed by atoms with Crippen LogP contribution in [0.15, 0.2) is 12.1 Å². The number of H-pyrrole nitrogens is 1. The second kappa shape index (κ2) is 4.05. The number of pyridine rings is 1. The van der Waals surface area contributed by atoms with Crippen molar-refractivity contribution in [3.63, 3.8) is 0 Å². The summed E-state index contributed by atoms with van der Waals surface area (Å²) < 4.78 is 0. The van der Waals surface area contributed by atoms with Crippen LogP contribution in [0, 0.1) is 12.3 Å². The maximum atomic E-state index is 4.66. The molecule has 3 rings (SSSR count). The van der Waals surface area contributed by atoms with Gasteiger partial charge in [-0.3, -0.25) is 0 Å². The fourth-order valence-electron chi connectivity index (χ4n) is 2.82. The highest BCUT2D eigenvalue weighted by Crippen LogP contribution is 2.39. The predicted molar refractivity (Wildman–Crippen MR) is 72.4 cm³/mol. The Morgan fingerprint density at radius 1 is 1.28 bits per heavy atom. The highest BCUT2D eigenvalue weighted by molar-refractivity contribution is 5.70. The minimum atomic E-state index is 0.237. The molecule has 2 N–H and O–H groups in total. The number of piperidine rings is 1. The quantitative estimate of drug-likeness (QED) is 0.811. The van der Waals surface area contributed by atoms with Crippen LogP contribution in [0.3, 0.4) is 0 Å². The van der Waals surface area contributed by atoms with Gasteiger partial charge in [0.15, 0.2) is 5.65 Å². The molecule has 1 unspecified atom stereocenters. The molecule has 0 aromatic carbocycles. The van der Waals surface area contributed by atoms with Crippen molar-refractivity contribution in [2.24, 2.45) is 5.41 Å². The summed E-state index contributed by atoms with van der Waals surface area (Å²) >= 11 is 0. The van der Waals surface area contributed by atoms with Crippen molar-refractivity contribution in [3.05, 3.63) is 23.7 Å². The van der Waals surface area contributed by atoms with Gasteiger partial charge in [0.2, 0.25) is 0 Å². The highest BCUT2D eigenvalue weighted by atomic mass is 15.1. The minimum Gasteiger partial charge on any atom is -0.339 e. The molecule has 4 heteroatoms. The maximum Gasteiger partial charge on any atom is 0.178 e. The molecule has 96 valence electrons. The number of imidazole rings is 1. The van der Waals surface area contributed by atoms with Gasteiger partial charge >= 0.3 is 0 Å². The summed E-state index contributed by atoms with van der Waals surface area (Å²) in [5, 5.41) is 3.58. The lowest BCUT2D eigenvalue weighted by atomic mass is 9.77. The van der Waals surface area contributed by atoms with Gasteiger partial charge in [0.1, 0.15) is 5.82 Å². The zero-order valence-corrected chi connectivity index (χ0v) is 11.2. The Labute approximate surface area is 107 Å². The van der Waals surface area contributed by atoms with Crippen molar-refractivity contribution in [2.45, 2.75) is 39.7 Å². The molecule has 0 spiro atoms. The lowest BCUT2D eigenvalue weighted by molar-refractivity contribution is 0.175. The number of fused-ring (bicyclic) bond motifs is 1. The first-order valence-electron chi connectivity index (χ1n) is 6.63. The molecule has 4 nitrogen and oxygen atoms in total. The minimum absolute atomic E-state index is 0.237. The molecule has 1 aliphatic heterocycles. The number of aromatic amines is 1. The van der Waals surface area contributed by atoms with Gasteiger partial charge in [-0.2, -0.15) is 0 Å². The van der Waals surface area contributed by atoms with Crippen LogP contribution in [0.2, 0.25) is 0 Å². The molecule has 1 fully saturated rings. The van der Waals surface area contributed by atoms with Crippen LogP contribution in [-0.2, 0) is 0 Å². The van der Waals surface area contributed by atoms with Gasteiger partial charge in [-0.05, 0) is 43.9 Å². The molecule has 0 saturated carbocycles. The normalized spacial score (nSPS) is 23.4. The molecule has 3 heterocycles. The van der Waals surface area contributed by atoms with Gasteiger partial charge < -0.3 is 10.3 Å². The van der Waals surface area contributed by atoms with E-state index in [9.17, 15) is 0 Å². The maximum absolute atomic E-state index is 4.66. The number of hydrogen-bond acceptors (Lipinski definition) is 3. The number of nitrogens with one attached hydrogen (secondary N) is 2. The van der Waals surface area contributed by atoms with E-state index in [1.165, 1.54) is 12.8 Å². The molecule has 18 heavy (non-hydrogen) atoms. The Bertz CT molecular complexity index is 570. The number of aromatic nitrogens is 3. The molecule has 0 amide bonds. The third-order valence-corrected chi connectivity index (χ3v) is 3.90. The number of hydrogen-bond donors (Lipinski definition) is 2. The lowest BCUT2D eigenvalue weighted by Crippen LogP contribution is -2.40. The number of aryl methyl sites for hydroxylation is 1. The van der Waals surface area contributed by atoms with Crippen molar-refractivity contribution >= 4 is 11.2 Å². The van der Waals surface area contributed by atoms with Crippen molar-refractivity contribution in [1.29, 1.82) is 0 Å². The van der Waals surface area contributed by atoms with Crippen LogP contribution in [0.4, 0.5) is 0 Å². The average molecular weight is 244 g/mol. The third-order valence-electron chi connectivity index (χ3n) is 3.90. The van der Waals surface area contributed by atoms with Crippen LogP contribution < -0.4 is 5.32 Å². The van der Waals surface area contributed by atoms with E-state index in [-0.39, 0.29) is 5.41 Å². The van der Waals surface area contributed by atoms with Crippen LogP contribution >= 0.6 is 0 Å². The molecule has 1 aliphatic rings. The molecule has 1 saturated heterocycles. The first-order chi connectivity index (χ1) is 8.56. The molecule has 2 aromatic heterocycles. The third kappa shape index (κ3) is 1.90. The molecule has 0 aliphatic carbocycles. The predicted octanol–water partition coefficient (Wildman–Crippen LogP) is 2.72. The standard InChI is InChI=1S/C14H20N4/c1-9-5-6-10-12(16-9)18-13(17-10)11-14(2,3)7-4-8-15-11/h5-6,11,15H,4,7-8H2,1-3H3,(H,16,17,18). The largest absolute Gasteiger partial charge is 0.339 e. The lowest BCUT2D eigenvalue weighted by Gasteiger charge is -2.38. The molecular formula is C14H20N4. The Morgan fingerprint density at radius 2 is 2.11 bits per heavy atom. The molecule has 0 radical (unpaired) electrons. The smallest absolute Gasteiger partial charge is 0.178 e. The van der Waals surface area contributed by atoms with Crippen molar-refractivity contribution in [3.8, 4) is 0 Å². The Morgan fingerprint density at radius 3 is 2.89 bits per heavy atom. The summed E-state index contributed by atoms with van der Waals surface area (Å²) in [5.74, 6) is 1.02. The molecule has 1 atom stereocenters. The Hall–Kier alpha value is -1.42. The second-order valence-electron chi connectivity index (χ2n) is 5.93. The van der Waals surface area contributed by atoms with Crippen molar-refractivity contribution in [1.82, 2.24) is 20.3 Å². The summed E-state index contributed by atoms with van der Waals surface area (Å²) in [7, 11) is 0. The van der Waals surface area contributed by atoms with Gasteiger partial charge in [-0.25, -0.2) is 9.97 Å². The molecule has 0 bridgehead atoms. The number of nitrogens with zero attached hydrogens (tertiary/aromatic N) is 2. The van der Waals surface area contributed by atoms with Crippen molar-refractivity contribution in [2.75, 3.05) is 6.54 Å². The summed E-state index contributed by atoms with van der Waals surface area (Å²) in [5.41, 5.74) is 3.10. The zero-order valence-electron chi connectivity index (χ0n) is 11.2. The average Bonchev–Trinajstić information content (AvgIpc) is 2.70. The van der Waals surface area contributed by atoms with E-state index in [1.807, 2.05) is 13.0 Å². The number of rotatable bonds is 1. The van der Waals surface area contributed by atoms with E-state index < -0.39 is 0 Å². The highest BCUT2D eigenvalue weighted by Gasteiger charge is 2.35. The van der Waals surface area contributed by atoms with Crippen LogP contribution in [0.1, 0.15) is 44.2 Å². The van der Waals surface area contributed by atoms with Gasteiger partial charge in [0.25, 0.3) is 0 Å². The first kappa shape index (κ1) is 11.7. The van der Waals surface area contributed by atoms with E-state index in [1.54, 1.807) is 0 Å². The van der Waals surface area contributed by atoms with E-state index in [0.29, 0.717) is 6.04 Å². The fraction of sp³-hybridized carbons (Fsp3) is 0.571. The topological polar surface area (TPSA) is 53.6 Å². The van der Waals surface area contributed by atoms with Crippen LogP contribution in [0.5, 0.6) is 0 Å². The van der Waals surface area contributed by atoms with Crippen LogP contribution in [0.25, 0.3) is 11.2 Å². The van der Waals surface area contributed by atoms with Crippen LogP contribution in [-0.4, -0.2) is 21.5 Å². The first-order valence-corrected chi connectivity index (χ1v) is 6.63. The summed E-state index contributed by atoms with van der Waals surface area (Å²) in [6.07, 6.45) is 2.47. The molecule has 2 aromatic rings. The van der Waals surface area contributed by atoms with Gasteiger partial charge in [-0.15, -0.1) is 0 Å². The summed E-state index contributed by atoms with van der Waals surface area (Å²) in [6.45, 7) is 7.67. The summed E-state index contributed by atoms with van der Waals surface area (Å²) in [4.78, 5) is 12.5. The van der Waals surface area contributed by atoms with E-state index in [0.717, 1.165) is 29.2 Å². The monoisotopic (exact) mass is 244 g/mol. The SMILES string of the molecule is Cc1ccc2[nH]c(C3NCCCC3(C)C)nc2n1.